The van der Waals surface area contributed by atoms with E-state index in [1.807, 2.05) is 0 Å². The van der Waals surface area contributed by atoms with Gasteiger partial charge in [0.15, 0.2) is 17.3 Å². The molecule has 28 heavy (non-hydrogen) atoms. The second kappa shape index (κ2) is 7.10. The quantitative estimate of drug-likeness (QED) is 0.826. The van der Waals surface area contributed by atoms with Crippen LogP contribution in [0.2, 0.25) is 0 Å². The van der Waals surface area contributed by atoms with Crippen LogP contribution in [0.25, 0.3) is 0 Å². The van der Waals surface area contributed by atoms with Crippen molar-refractivity contribution in [2.24, 2.45) is 5.92 Å². The highest BCUT2D eigenvalue weighted by Gasteiger charge is 2.36. The van der Waals surface area contributed by atoms with Gasteiger partial charge in [0.25, 0.3) is 0 Å². The smallest absolute Gasteiger partial charge is 0.248 e. The monoisotopic (exact) mass is 407 g/mol. The Hall–Kier alpha value is -2.59. The fraction of sp³-hybridized carbons (Fsp3) is 0.444. The van der Waals surface area contributed by atoms with Crippen LogP contribution in [0.1, 0.15) is 24.3 Å². The average Bonchev–Trinajstić information content (AvgIpc) is 3.27. The normalized spacial score (nSPS) is 19.6. The van der Waals surface area contributed by atoms with Gasteiger partial charge < -0.3 is 19.3 Å². The first-order valence-corrected chi connectivity index (χ1v) is 10.4. The number of hydrogen-bond acceptors (Lipinski definition) is 7. The number of hydrogen-bond donors (Lipinski definition) is 1. The number of fused-ring (bicyclic) bond motifs is 1. The Balaban J connectivity index is 1.48. The standard InChI is InChI=1S/C18H21N3O6S/c1-11-17(12(2)27-20-11)28(23,24)21-7-3-4-13(9-21)18(22)19-14-5-6-15-16(8-14)26-10-25-15/h5-6,8,13H,3-4,7,9-10H2,1-2H3,(H,19,22). The minimum absolute atomic E-state index is 0.0873. The predicted octanol–water partition coefficient (Wildman–Crippen LogP) is 2.06. The summed E-state index contributed by atoms with van der Waals surface area (Å²) >= 11 is 0. The van der Waals surface area contributed by atoms with E-state index in [0.717, 1.165) is 0 Å². The lowest BCUT2D eigenvalue weighted by atomic mass is 9.98. The largest absolute Gasteiger partial charge is 0.454 e. The van der Waals surface area contributed by atoms with E-state index < -0.39 is 15.9 Å². The highest BCUT2D eigenvalue weighted by molar-refractivity contribution is 7.89. The van der Waals surface area contributed by atoms with Crippen molar-refractivity contribution in [1.29, 1.82) is 0 Å². The Morgan fingerprint density at radius 1 is 1.25 bits per heavy atom. The number of aromatic nitrogens is 1. The summed E-state index contributed by atoms with van der Waals surface area (Å²) in [6.07, 6.45) is 1.21. The predicted molar refractivity (Wildman–Crippen MR) is 98.7 cm³/mol. The zero-order chi connectivity index (χ0) is 19.9. The minimum atomic E-state index is -3.77. The molecule has 0 radical (unpaired) electrons. The highest BCUT2D eigenvalue weighted by atomic mass is 32.2. The van der Waals surface area contributed by atoms with Gasteiger partial charge in [-0.15, -0.1) is 0 Å². The number of aryl methyl sites for hydroxylation is 2. The molecule has 0 aliphatic carbocycles. The van der Waals surface area contributed by atoms with Gasteiger partial charge in [-0.1, -0.05) is 5.16 Å². The Bertz CT molecular complexity index is 997. The number of benzene rings is 1. The summed E-state index contributed by atoms with van der Waals surface area (Å²) in [6.45, 7) is 3.80. The summed E-state index contributed by atoms with van der Waals surface area (Å²) in [5, 5.41) is 6.58. The molecule has 2 aromatic rings. The van der Waals surface area contributed by atoms with Gasteiger partial charge in [-0.2, -0.15) is 4.31 Å². The van der Waals surface area contributed by atoms with Gasteiger partial charge in [0.05, 0.1) is 5.92 Å². The molecule has 150 valence electrons. The van der Waals surface area contributed by atoms with E-state index in [4.69, 9.17) is 14.0 Å². The molecule has 3 heterocycles. The lowest BCUT2D eigenvalue weighted by Gasteiger charge is -2.31. The zero-order valence-corrected chi connectivity index (χ0v) is 16.4. The fourth-order valence-electron chi connectivity index (χ4n) is 3.57. The third kappa shape index (κ3) is 3.33. The van der Waals surface area contributed by atoms with Crippen molar-refractivity contribution in [3.8, 4) is 11.5 Å². The third-order valence-electron chi connectivity index (χ3n) is 4.96. The molecule has 1 amide bonds. The Morgan fingerprint density at radius 3 is 2.79 bits per heavy atom. The molecular weight excluding hydrogens is 386 g/mol. The molecule has 1 N–H and O–H groups in total. The van der Waals surface area contributed by atoms with Crippen LogP contribution in [0, 0.1) is 19.8 Å². The van der Waals surface area contributed by atoms with Gasteiger partial charge in [0.2, 0.25) is 22.7 Å². The number of carbonyl (C=O) groups excluding carboxylic acids is 1. The molecule has 4 rings (SSSR count). The van der Waals surface area contributed by atoms with Crippen molar-refractivity contribution in [2.75, 3.05) is 25.2 Å². The first kappa shape index (κ1) is 18.8. The van der Waals surface area contributed by atoms with Crippen LogP contribution in [0.3, 0.4) is 0 Å². The third-order valence-corrected chi connectivity index (χ3v) is 7.07. The molecule has 1 fully saturated rings. The second-order valence-electron chi connectivity index (χ2n) is 6.91. The molecule has 1 atom stereocenters. The lowest BCUT2D eigenvalue weighted by Crippen LogP contribution is -2.43. The molecular formula is C18H21N3O6S. The Kier molecular flexibility index (Phi) is 4.76. The molecule has 0 bridgehead atoms. The molecule has 1 aromatic carbocycles. The van der Waals surface area contributed by atoms with Gasteiger partial charge in [0.1, 0.15) is 10.6 Å². The molecule has 9 nitrogen and oxygen atoms in total. The number of ether oxygens (including phenoxy) is 2. The maximum Gasteiger partial charge on any atom is 0.248 e. The molecule has 2 aliphatic heterocycles. The summed E-state index contributed by atoms with van der Waals surface area (Å²) in [7, 11) is -3.77. The molecule has 1 saturated heterocycles. The van der Waals surface area contributed by atoms with Crippen LogP contribution in [0.5, 0.6) is 11.5 Å². The van der Waals surface area contributed by atoms with Gasteiger partial charge in [-0.3, -0.25) is 4.79 Å². The topological polar surface area (TPSA) is 111 Å². The van der Waals surface area contributed by atoms with Crippen molar-refractivity contribution in [3.05, 3.63) is 29.7 Å². The summed E-state index contributed by atoms with van der Waals surface area (Å²) in [5.74, 6) is 0.785. The summed E-state index contributed by atoms with van der Waals surface area (Å²) in [4.78, 5) is 12.8. The Labute approximate surface area is 162 Å². The minimum Gasteiger partial charge on any atom is -0.454 e. The number of rotatable bonds is 4. The average molecular weight is 407 g/mol. The van der Waals surface area contributed by atoms with Crippen LogP contribution >= 0.6 is 0 Å². The van der Waals surface area contributed by atoms with E-state index in [9.17, 15) is 13.2 Å². The summed E-state index contributed by atoms with van der Waals surface area (Å²) in [6, 6.07) is 5.15. The SMILES string of the molecule is Cc1noc(C)c1S(=O)(=O)N1CCCC(C(=O)Nc2ccc3c(c2)OCO3)C1. The van der Waals surface area contributed by atoms with E-state index in [1.54, 1.807) is 32.0 Å². The van der Waals surface area contributed by atoms with Crippen LogP contribution in [-0.4, -0.2) is 43.7 Å². The molecule has 1 unspecified atom stereocenters. The van der Waals surface area contributed by atoms with Gasteiger partial charge in [0, 0.05) is 24.8 Å². The molecule has 2 aliphatic rings. The van der Waals surface area contributed by atoms with Crippen LogP contribution in [0.4, 0.5) is 5.69 Å². The number of piperidine rings is 1. The molecule has 0 spiro atoms. The van der Waals surface area contributed by atoms with Crippen molar-refractivity contribution in [2.45, 2.75) is 31.6 Å². The van der Waals surface area contributed by atoms with Crippen LogP contribution in [-0.2, 0) is 14.8 Å². The number of amides is 1. The van der Waals surface area contributed by atoms with E-state index in [0.29, 0.717) is 42.3 Å². The number of carbonyl (C=O) groups is 1. The van der Waals surface area contributed by atoms with Crippen molar-refractivity contribution >= 4 is 21.6 Å². The molecule has 0 saturated carbocycles. The second-order valence-corrected chi connectivity index (χ2v) is 8.79. The van der Waals surface area contributed by atoms with Gasteiger partial charge in [-0.05, 0) is 38.8 Å². The van der Waals surface area contributed by atoms with Gasteiger partial charge >= 0.3 is 0 Å². The Morgan fingerprint density at radius 2 is 2.04 bits per heavy atom. The summed E-state index contributed by atoms with van der Waals surface area (Å²) < 4.78 is 42.9. The number of nitrogens with zero attached hydrogens (tertiary/aromatic N) is 2. The van der Waals surface area contributed by atoms with Crippen LogP contribution in [0.15, 0.2) is 27.6 Å². The maximum atomic E-state index is 13.0. The first-order valence-electron chi connectivity index (χ1n) is 9.00. The van der Waals surface area contributed by atoms with Gasteiger partial charge in [-0.25, -0.2) is 8.42 Å². The summed E-state index contributed by atoms with van der Waals surface area (Å²) in [5.41, 5.74) is 0.907. The van der Waals surface area contributed by atoms with E-state index in [2.05, 4.69) is 10.5 Å². The molecule has 10 heteroatoms. The molecule has 1 aromatic heterocycles. The van der Waals surface area contributed by atoms with Crippen molar-refractivity contribution in [3.63, 3.8) is 0 Å². The zero-order valence-electron chi connectivity index (χ0n) is 15.6. The van der Waals surface area contributed by atoms with E-state index >= 15 is 0 Å². The lowest BCUT2D eigenvalue weighted by molar-refractivity contribution is -0.120. The highest BCUT2D eigenvalue weighted by Crippen LogP contribution is 2.34. The number of sulfonamides is 1. The van der Waals surface area contributed by atoms with Crippen molar-refractivity contribution in [1.82, 2.24) is 9.46 Å². The fourth-order valence-corrected chi connectivity index (χ4v) is 5.38. The van der Waals surface area contributed by atoms with Crippen LogP contribution < -0.4 is 14.8 Å². The number of anilines is 1. The first-order chi connectivity index (χ1) is 13.4. The van der Waals surface area contributed by atoms with Crippen molar-refractivity contribution < 1.29 is 27.2 Å². The van der Waals surface area contributed by atoms with E-state index in [-0.39, 0.29) is 29.9 Å². The maximum absolute atomic E-state index is 13.0. The number of nitrogens with one attached hydrogen (secondary N) is 1. The van der Waals surface area contributed by atoms with E-state index in [1.165, 1.54) is 4.31 Å².